The Kier molecular flexibility index (Phi) is 4.62. The number of ether oxygens (including phenoxy) is 2. The molecule has 1 aliphatic rings. The Morgan fingerprint density at radius 2 is 1.78 bits per heavy atom. The summed E-state index contributed by atoms with van der Waals surface area (Å²) in [6.45, 7) is 0. The fraction of sp³-hybridized carbons (Fsp3) is 0.0588. The molecule has 2 aromatic carbocycles. The number of nitrogens with zero attached hydrogens (tertiary/aromatic N) is 3. The van der Waals surface area contributed by atoms with Crippen molar-refractivity contribution in [1.29, 1.82) is 0 Å². The van der Waals surface area contributed by atoms with Crippen molar-refractivity contribution in [2.24, 2.45) is 4.99 Å². The van der Waals surface area contributed by atoms with Gasteiger partial charge in [0, 0.05) is 23.8 Å². The second-order valence-corrected chi connectivity index (χ2v) is 5.33. The van der Waals surface area contributed by atoms with Crippen LogP contribution in [0.25, 0.3) is 6.08 Å². The summed E-state index contributed by atoms with van der Waals surface area (Å²) in [7, 11) is 1.31. The fourth-order valence-corrected chi connectivity index (χ4v) is 2.35. The van der Waals surface area contributed by atoms with Crippen molar-refractivity contribution in [3.63, 3.8) is 0 Å². The third-order valence-corrected chi connectivity index (χ3v) is 3.65. The summed E-state index contributed by atoms with van der Waals surface area (Å²) in [4.78, 5) is 36.7. The third kappa shape index (κ3) is 3.63. The van der Waals surface area contributed by atoms with Gasteiger partial charge >= 0.3 is 11.7 Å². The van der Waals surface area contributed by atoms with E-state index in [0.717, 1.165) is 0 Å². The standard InChI is InChI=1S/C17H11N3O7/c1-26-15-7-4-11(9-14(15)20(24)25)16-18-13(17(21)27-16)8-10-2-5-12(6-3-10)19(22)23/h2-9H,1H3/b13-8-. The van der Waals surface area contributed by atoms with Gasteiger partial charge in [0.1, 0.15) is 0 Å². The van der Waals surface area contributed by atoms with E-state index in [0.29, 0.717) is 5.56 Å². The molecule has 3 rings (SSSR count). The fourth-order valence-electron chi connectivity index (χ4n) is 2.35. The third-order valence-electron chi connectivity index (χ3n) is 3.65. The molecule has 0 amide bonds. The maximum atomic E-state index is 12.0. The van der Waals surface area contributed by atoms with Crippen molar-refractivity contribution >= 4 is 29.3 Å². The van der Waals surface area contributed by atoms with Gasteiger partial charge in [-0.25, -0.2) is 9.79 Å². The lowest BCUT2D eigenvalue weighted by Crippen LogP contribution is -2.06. The first-order valence-corrected chi connectivity index (χ1v) is 7.49. The Bertz CT molecular complexity index is 1010. The molecule has 0 spiro atoms. The number of nitro benzene ring substituents is 2. The lowest BCUT2D eigenvalue weighted by atomic mass is 10.1. The number of benzene rings is 2. The number of aliphatic imine (C=N–C) groups is 1. The summed E-state index contributed by atoms with van der Waals surface area (Å²) in [5, 5.41) is 21.8. The minimum Gasteiger partial charge on any atom is -0.490 e. The lowest BCUT2D eigenvalue weighted by molar-refractivity contribution is -0.385. The highest BCUT2D eigenvalue weighted by molar-refractivity contribution is 6.13. The van der Waals surface area contributed by atoms with Crippen molar-refractivity contribution < 1.29 is 24.1 Å². The molecule has 136 valence electrons. The highest BCUT2D eigenvalue weighted by atomic mass is 16.6. The van der Waals surface area contributed by atoms with E-state index in [1.165, 1.54) is 55.7 Å². The van der Waals surface area contributed by atoms with Crippen LogP contribution in [0.1, 0.15) is 11.1 Å². The normalized spacial score (nSPS) is 14.6. The molecule has 0 bridgehead atoms. The molecule has 27 heavy (non-hydrogen) atoms. The average Bonchev–Trinajstić information content (AvgIpc) is 3.02. The molecular weight excluding hydrogens is 358 g/mol. The molecule has 10 nitrogen and oxygen atoms in total. The minimum absolute atomic E-state index is 0.0303. The number of carbonyl (C=O) groups is 1. The van der Waals surface area contributed by atoms with Crippen LogP contribution in [0.4, 0.5) is 11.4 Å². The summed E-state index contributed by atoms with van der Waals surface area (Å²) in [5.41, 5.74) is 0.348. The van der Waals surface area contributed by atoms with Crippen LogP contribution in [0.2, 0.25) is 0 Å². The van der Waals surface area contributed by atoms with E-state index in [4.69, 9.17) is 9.47 Å². The monoisotopic (exact) mass is 369 g/mol. The van der Waals surface area contributed by atoms with Gasteiger partial charge in [0.05, 0.1) is 17.0 Å². The molecule has 0 N–H and O–H groups in total. The van der Waals surface area contributed by atoms with E-state index in [1.807, 2.05) is 0 Å². The number of non-ortho nitro benzene ring substituents is 1. The van der Waals surface area contributed by atoms with Crippen LogP contribution >= 0.6 is 0 Å². The molecule has 0 aliphatic carbocycles. The van der Waals surface area contributed by atoms with Crippen LogP contribution in [0.15, 0.2) is 53.2 Å². The highest BCUT2D eigenvalue weighted by Gasteiger charge is 2.26. The molecule has 2 aromatic rings. The van der Waals surface area contributed by atoms with Crippen LogP contribution in [0.3, 0.4) is 0 Å². The molecule has 1 heterocycles. The van der Waals surface area contributed by atoms with Gasteiger partial charge in [-0.3, -0.25) is 20.2 Å². The van der Waals surface area contributed by atoms with E-state index in [1.54, 1.807) is 0 Å². The summed E-state index contributed by atoms with van der Waals surface area (Å²) >= 11 is 0. The molecule has 0 radical (unpaired) electrons. The van der Waals surface area contributed by atoms with E-state index in [-0.39, 0.29) is 34.3 Å². The summed E-state index contributed by atoms with van der Waals surface area (Å²) in [6.07, 6.45) is 1.40. The molecule has 1 aliphatic heterocycles. The maximum Gasteiger partial charge on any atom is 0.363 e. The maximum absolute atomic E-state index is 12.0. The van der Waals surface area contributed by atoms with Crippen molar-refractivity contribution in [1.82, 2.24) is 0 Å². The summed E-state index contributed by atoms with van der Waals surface area (Å²) < 4.78 is 10.00. The van der Waals surface area contributed by atoms with Crippen LogP contribution < -0.4 is 4.74 Å². The van der Waals surface area contributed by atoms with Crippen molar-refractivity contribution in [3.05, 3.63) is 79.5 Å². The zero-order valence-electron chi connectivity index (χ0n) is 13.8. The molecule has 0 unspecified atom stereocenters. The Balaban J connectivity index is 1.93. The van der Waals surface area contributed by atoms with Gasteiger partial charge in [-0.05, 0) is 35.9 Å². The van der Waals surface area contributed by atoms with E-state index >= 15 is 0 Å². The topological polar surface area (TPSA) is 134 Å². The van der Waals surface area contributed by atoms with Gasteiger partial charge in [-0.2, -0.15) is 0 Å². The number of hydrogen-bond acceptors (Lipinski definition) is 8. The Hall–Kier alpha value is -4.08. The molecular formula is C17H11N3O7. The van der Waals surface area contributed by atoms with Crippen LogP contribution in [0, 0.1) is 20.2 Å². The lowest BCUT2D eigenvalue weighted by Gasteiger charge is -2.03. The van der Waals surface area contributed by atoms with Crippen LogP contribution in [0.5, 0.6) is 5.75 Å². The van der Waals surface area contributed by atoms with E-state index in [9.17, 15) is 25.0 Å². The number of methoxy groups -OCH3 is 1. The Morgan fingerprint density at radius 1 is 1.07 bits per heavy atom. The van der Waals surface area contributed by atoms with Crippen molar-refractivity contribution in [3.8, 4) is 5.75 Å². The molecule has 10 heteroatoms. The Morgan fingerprint density at radius 3 is 2.37 bits per heavy atom. The zero-order valence-corrected chi connectivity index (χ0v) is 13.8. The summed E-state index contributed by atoms with van der Waals surface area (Å²) in [5.74, 6) is -0.754. The quantitative estimate of drug-likeness (QED) is 0.342. The van der Waals surface area contributed by atoms with Gasteiger partial charge in [0.15, 0.2) is 11.4 Å². The highest BCUT2D eigenvalue weighted by Crippen LogP contribution is 2.29. The van der Waals surface area contributed by atoms with Gasteiger partial charge in [-0.1, -0.05) is 0 Å². The predicted octanol–water partition coefficient (Wildman–Crippen LogP) is 2.86. The van der Waals surface area contributed by atoms with Crippen molar-refractivity contribution in [2.75, 3.05) is 7.11 Å². The van der Waals surface area contributed by atoms with Gasteiger partial charge < -0.3 is 9.47 Å². The first kappa shape index (κ1) is 17.7. The van der Waals surface area contributed by atoms with Gasteiger partial charge in [0.25, 0.3) is 5.69 Å². The van der Waals surface area contributed by atoms with Crippen LogP contribution in [-0.2, 0) is 9.53 Å². The van der Waals surface area contributed by atoms with Crippen LogP contribution in [-0.4, -0.2) is 28.8 Å². The largest absolute Gasteiger partial charge is 0.490 e. The number of rotatable bonds is 5. The smallest absolute Gasteiger partial charge is 0.363 e. The minimum atomic E-state index is -0.734. The van der Waals surface area contributed by atoms with E-state index < -0.39 is 15.8 Å². The average molecular weight is 369 g/mol. The molecule has 0 aromatic heterocycles. The molecule has 0 saturated heterocycles. The second kappa shape index (κ2) is 7.04. The summed E-state index contributed by atoms with van der Waals surface area (Å²) in [6, 6.07) is 9.57. The van der Waals surface area contributed by atoms with Gasteiger partial charge in [-0.15, -0.1) is 0 Å². The van der Waals surface area contributed by atoms with Crippen molar-refractivity contribution in [2.45, 2.75) is 0 Å². The molecule has 0 saturated carbocycles. The first-order valence-electron chi connectivity index (χ1n) is 7.49. The second-order valence-electron chi connectivity index (χ2n) is 5.33. The molecule has 0 fully saturated rings. The zero-order chi connectivity index (χ0) is 19.6. The number of carbonyl (C=O) groups excluding carboxylic acids is 1. The number of hydrogen-bond donors (Lipinski definition) is 0. The number of esters is 1. The number of cyclic esters (lactones) is 1. The molecule has 0 atom stereocenters. The van der Waals surface area contributed by atoms with Gasteiger partial charge in [0.2, 0.25) is 5.90 Å². The SMILES string of the molecule is COc1ccc(C2=N/C(=C\c3ccc([N+](=O)[O-])cc3)C(=O)O2)cc1[N+](=O)[O-]. The predicted molar refractivity (Wildman–Crippen MR) is 93.4 cm³/mol. The number of nitro groups is 2. The first-order chi connectivity index (χ1) is 12.9. The van der Waals surface area contributed by atoms with E-state index in [2.05, 4.69) is 4.99 Å². The Labute approximate surface area is 151 Å².